The van der Waals surface area contributed by atoms with Crippen molar-refractivity contribution in [3.63, 3.8) is 0 Å². The predicted molar refractivity (Wildman–Crippen MR) is 69.7 cm³/mol. The van der Waals surface area contributed by atoms with Crippen molar-refractivity contribution in [1.82, 2.24) is 10.3 Å². The molecule has 3 heteroatoms. The molecule has 2 heterocycles. The number of aromatic nitrogens is 1. The van der Waals surface area contributed by atoms with Crippen LogP contribution in [-0.4, -0.2) is 25.2 Å². The molecule has 0 radical (unpaired) electrons. The lowest BCUT2D eigenvalue weighted by Crippen LogP contribution is -2.26. The van der Waals surface area contributed by atoms with Crippen LogP contribution in [0, 0.1) is 0 Å². The molecule has 1 aromatic heterocycles. The van der Waals surface area contributed by atoms with Crippen LogP contribution >= 0.6 is 0 Å². The summed E-state index contributed by atoms with van der Waals surface area (Å²) in [6.45, 7) is 2.26. The van der Waals surface area contributed by atoms with E-state index in [2.05, 4.69) is 28.5 Å². The molecule has 90 valence electrons. The molecule has 1 saturated heterocycles. The molecule has 0 amide bonds. The maximum Gasteiger partial charge on any atom is 0.120 e. The second-order valence-corrected chi connectivity index (χ2v) is 4.70. The molecule has 2 N–H and O–H groups in total. The van der Waals surface area contributed by atoms with Crippen LogP contribution in [0.1, 0.15) is 24.5 Å². The Morgan fingerprint density at radius 3 is 2.76 bits per heavy atom. The fourth-order valence-electron chi connectivity index (χ4n) is 2.61. The Labute approximate surface area is 101 Å². The highest BCUT2D eigenvalue weighted by Gasteiger charge is 2.16. The van der Waals surface area contributed by atoms with Gasteiger partial charge in [0.05, 0.1) is 7.11 Å². The van der Waals surface area contributed by atoms with E-state index in [1.807, 2.05) is 6.07 Å². The van der Waals surface area contributed by atoms with Gasteiger partial charge in [-0.25, -0.2) is 0 Å². The standard InChI is InChI=1S/C14H18N2O/c1-17-12-3-2-11-8-13(16-14(11)9-12)10-4-6-15-7-5-10/h2-3,8-10,15-16H,4-7H2,1H3. The van der Waals surface area contributed by atoms with Crippen LogP contribution < -0.4 is 10.1 Å². The minimum atomic E-state index is 0.676. The molecule has 1 aromatic carbocycles. The van der Waals surface area contributed by atoms with E-state index in [9.17, 15) is 0 Å². The minimum absolute atomic E-state index is 0.676. The van der Waals surface area contributed by atoms with Crippen LogP contribution in [0.15, 0.2) is 24.3 Å². The quantitative estimate of drug-likeness (QED) is 0.832. The van der Waals surface area contributed by atoms with E-state index in [-0.39, 0.29) is 0 Å². The number of hydrogen-bond acceptors (Lipinski definition) is 2. The highest BCUT2D eigenvalue weighted by Crippen LogP contribution is 2.29. The second kappa shape index (κ2) is 4.41. The Bertz CT molecular complexity index is 512. The van der Waals surface area contributed by atoms with Gasteiger partial charge in [0.25, 0.3) is 0 Å². The third kappa shape index (κ3) is 2.03. The van der Waals surface area contributed by atoms with E-state index in [0.717, 1.165) is 18.8 Å². The number of H-pyrrole nitrogens is 1. The SMILES string of the molecule is COc1ccc2cc(C3CCNCC3)[nH]c2c1. The highest BCUT2D eigenvalue weighted by molar-refractivity contribution is 5.82. The molecule has 3 nitrogen and oxygen atoms in total. The topological polar surface area (TPSA) is 37.0 Å². The van der Waals surface area contributed by atoms with Gasteiger partial charge >= 0.3 is 0 Å². The number of aromatic amines is 1. The smallest absolute Gasteiger partial charge is 0.120 e. The summed E-state index contributed by atoms with van der Waals surface area (Å²) in [7, 11) is 1.71. The van der Waals surface area contributed by atoms with Crippen molar-refractivity contribution in [2.75, 3.05) is 20.2 Å². The normalized spacial score (nSPS) is 17.5. The summed E-state index contributed by atoms with van der Waals surface area (Å²) in [6.07, 6.45) is 2.45. The van der Waals surface area contributed by atoms with E-state index in [1.165, 1.54) is 29.4 Å². The van der Waals surface area contributed by atoms with Gasteiger partial charge in [0, 0.05) is 23.2 Å². The fourth-order valence-corrected chi connectivity index (χ4v) is 2.61. The summed E-state index contributed by atoms with van der Waals surface area (Å²) in [5.41, 5.74) is 2.55. The van der Waals surface area contributed by atoms with Crippen molar-refractivity contribution < 1.29 is 4.74 Å². The van der Waals surface area contributed by atoms with Gasteiger partial charge in [-0.15, -0.1) is 0 Å². The monoisotopic (exact) mass is 230 g/mol. The van der Waals surface area contributed by atoms with Gasteiger partial charge < -0.3 is 15.0 Å². The van der Waals surface area contributed by atoms with Gasteiger partial charge in [-0.05, 0) is 49.5 Å². The zero-order valence-corrected chi connectivity index (χ0v) is 10.1. The van der Waals surface area contributed by atoms with Crippen molar-refractivity contribution in [2.45, 2.75) is 18.8 Å². The molecule has 0 atom stereocenters. The molecular formula is C14H18N2O. The third-order valence-electron chi connectivity index (χ3n) is 3.63. The summed E-state index contributed by atoms with van der Waals surface area (Å²) < 4.78 is 5.25. The maximum absolute atomic E-state index is 5.25. The lowest BCUT2D eigenvalue weighted by Gasteiger charge is -2.21. The first kappa shape index (κ1) is 10.7. The second-order valence-electron chi connectivity index (χ2n) is 4.70. The number of methoxy groups -OCH3 is 1. The molecule has 0 bridgehead atoms. The summed E-state index contributed by atoms with van der Waals surface area (Å²) in [4.78, 5) is 3.53. The van der Waals surface area contributed by atoms with Crippen molar-refractivity contribution in [3.8, 4) is 5.75 Å². The Hall–Kier alpha value is -1.48. The average Bonchev–Trinajstić information content (AvgIpc) is 2.82. The summed E-state index contributed by atoms with van der Waals surface area (Å²) in [5, 5.41) is 4.68. The van der Waals surface area contributed by atoms with E-state index in [1.54, 1.807) is 7.11 Å². The molecule has 3 rings (SSSR count). The third-order valence-corrected chi connectivity index (χ3v) is 3.63. The van der Waals surface area contributed by atoms with Crippen molar-refractivity contribution >= 4 is 10.9 Å². The summed E-state index contributed by atoms with van der Waals surface area (Å²) in [6, 6.07) is 8.49. The number of benzene rings is 1. The Morgan fingerprint density at radius 2 is 2.00 bits per heavy atom. The Balaban J connectivity index is 1.95. The van der Waals surface area contributed by atoms with Crippen molar-refractivity contribution in [1.29, 1.82) is 0 Å². The van der Waals surface area contributed by atoms with Gasteiger partial charge in [-0.1, -0.05) is 0 Å². The minimum Gasteiger partial charge on any atom is -0.497 e. The van der Waals surface area contributed by atoms with Crippen LogP contribution in [0.2, 0.25) is 0 Å². The zero-order chi connectivity index (χ0) is 11.7. The van der Waals surface area contributed by atoms with Gasteiger partial charge in [-0.3, -0.25) is 0 Å². The first-order valence-electron chi connectivity index (χ1n) is 6.24. The molecule has 1 aliphatic rings. The first-order valence-corrected chi connectivity index (χ1v) is 6.24. The zero-order valence-electron chi connectivity index (χ0n) is 10.1. The van der Waals surface area contributed by atoms with Crippen LogP contribution in [0.25, 0.3) is 10.9 Å². The van der Waals surface area contributed by atoms with E-state index in [0.29, 0.717) is 5.92 Å². The molecule has 0 aliphatic carbocycles. The van der Waals surface area contributed by atoms with Crippen LogP contribution in [0.5, 0.6) is 5.75 Å². The van der Waals surface area contributed by atoms with Gasteiger partial charge in [0.15, 0.2) is 0 Å². The average molecular weight is 230 g/mol. The fraction of sp³-hybridized carbons (Fsp3) is 0.429. The number of ether oxygens (including phenoxy) is 1. The van der Waals surface area contributed by atoms with Crippen molar-refractivity contribution in [3.05, 3.63) is 30.0 Å². The predicted octanol–water partition coefficient (Wildman–Crippen LogP) is 2.64. The van der Waals surface area contributed by atoms with Gasteiger partial charge in [0.2, 0.25) is 0 Å². The number of piperidine rings is 1. The molecule has 1 fully saturated rings. The first-order chi connectivity index (χ1) is 8.36. The molecular weight excluding hydrogens is 212 g/mol. The number of nitrogens with one attached hydrogen (secondary N) is 2. The highest BCUT2D eigenvalue weighted by atomic mass is 16.5. The van der Waals surface area contributed by atoms with Crippen LogP contribution in [0.3, 0.4) is 0 Å². The van der Waals surface area contributed by atoms with E-state index >= 15 is 0 Å². The lowest BCUT2D eigenvalue weighted by atomic mass is 9.95. The molecule has 17 heavy (non-hydrogen) atoms. The van der Waals surface area contributed by atoms with Crippen LogP contribution in [0.4, 0.5) is 0 Å². The molecule has 0 unspecified atom stereocenters. The molecule has 2 aromatic rings. The summed E-state index contributed by atoms with van der Waals surface area (Å²) >= 11 is 0. The largest absolute Gasteiger partial charge is 0.497 e. The Kier molecular flexibility index (Phi) is 2.77. The molecule has 0 saturated carbocycles. The van der Waals surface area contributed by atoms with Gasteiger partial charge in [0.1, 0.15) is 5.75 Å². The molecule has 0 spiro atoms. The van der Waals surface area contributed by atoms with Gasteiger partial charge in [-0.2, -0.15) is 0 Å². The van der Waals surface area contributed by atoms with E-state index in [4.69, 9.17) is 4.74 Å². The number of hydrogen-bond donors (Lipinski definition) is 2. The maximum atomic E-state index is 5.25. The van der Waals surface area contributed by atoms with Crippen LogP contribution in [-0.2, 0) is 0 Å². The number of rotatable bonds is 2. The van der Waals surface area contributed by atoms with E-state index < -0.39 is 0 Å². The number of fused-ring (bicyclic) bond motifs is 1. The van der Waals surface area contributed by atoms with Crippen molar-refractivity contribution in [2.24, 2.45) is 0 Å². The molecule has 1 aliphatic heterocycles. The lowest BCUT2D eigenvalue weighted by molar-refractivity contribution is 0.415. The Morgan fingerprint density at radius 1 is 1.18 bits per heavy atom. The summed E-state index contributed by atoms with van der Waals surface area (Å²) in [5.74, 6) is 1.59.